The van der Waals surface area contributed by atoms with Crippen LogP contribution in [0.15, 0.2) is 72.8 Å². The van der Waals surface area contributed by atoms with E-state index in [1.807, 2.05) is 0 Å². The van der Waals surface area contributed by atoms with Crippen molar-refractivity contribution in [3.8, 4) is 0 Å². The number of alkyl halides is 9. The van der Waals surface area contributed by atoms with Crippen LogP contribution in [0.2, 0.25) is 0 Å². The molecular formula is C21H12F9O3SiV. The second kappa shape index (κ2) is 10.8. The summed E-state index contributed by atoms with van der Waals surface area (Å²) in [6.07, 6.45) is -14.4. The average molecular weight is 562 g/mol. The van der Waals surface area contributed by atoms with Crippen LogP contribution in [0.5, 0.6) is 0 Å². The Hall–Kier alpha value is -2.29. The molecule has 0 fully saturated rings. The summed E-state index contributed by atoms with van der Waals surface area (Å²) in [5, 5.41) is -0.509. The molecule has 35 heavy (non-hydrogen) atoms. The molecule has 0 atom stereocenters. The predicted molar refractivity (Wildman–Crippen MR) is 101 cm³/mol. The molecule has 0 N–H and O–H groups in total. The van der Waals surface area contributed by atoms with Crippen LogP contribution in [0.3, 0.4) is 0 Å². The quantitative estimate of drug-likeness (QED) is 0.252. The van der Waals surface area contributed by atoms with Gasteiger partial charge in [0.15, 0.2) is 0 Å². The maximum atomic E-state index is 13.4. The fraction of sp³-hybridized carbons (Fsp3) is 0.143. The zero-order chi connectivity index (χ0) is 24.7. The van der Waals surface area contributed by atoms with Crippen molar-refractivity contribution in [2.45, 2.75) is 18.5 Å². The maximum absolute atomic E-state index is 13.4. The minimum Gasteiger partial charge on any atom is -2.00 e. The predicted octanol–water partition coefficient (Wildman–Crippen LogP) is 4.95. The summed E-state index contributed by atoms with van der Waals surface area (Å²) in [6, 6.07) is 11.1. The van der Waals surface area contributed by atoms with Crippen molar-refractivity contribution in [1.29, 1.82) is 0 Å². The van der Waals surface area contributed by atoms with Crippen LogP contribution < -0.4 is 15.6 Å². The molecule has 186 valence electrons. The Balaban J connectivity index is 0.00000306. The standard InChI is InChI=1S/C21H12F9OSi.2O.V/c22-19(23,24)13-4-1-7-16(10-13)32(31,17-8-2-5-14(11-17)20(25,26)27)18-9-3-6-15(12-18)21(28,29)30;;;/h1-12H;;;/q-1;2*-2;+5. The van der Waals surface area contributed by atoms with Crippen LogP contribution in [-0.2, 0) is 50.6 Å². The van der Waals surface area contributed by atoms with Crippen molar-refractivity contribution in [2.75, 3.05) is 0 Å². The molecule has 3 rings (SSSR count). The van der Waals surface area contributed by atoms with E-state index in [9.17, 15) is 39.5 Å². The molecule has 0 heterocycles. The summed E-state index contributed by atoms with van der Waals surface area (Å²) in [5.74, 6) is 0. The van der Waals surface area contributed by atoms with Gasteiger partial charge in [-0.05, 0) is 0 Å². The first kappa shape index (κ1) is 30.7. The van der Waals surface area contributed by atoms with Gasteiger partial charge < -0.3 is 11.0 Å². The molecule has 0 aliphatic heterocycles. The van der Waals surface area contributed by atoms with E-state index in [0.717, 1.165) is 36.4 Å². The van der Waals surface area contributed by atoms with Crippen LogP contribution in [0.25, 0.3) is 0 Å². The van der Waals surface area contributed by atoms with Crippen molar-refractivity contribution < 1.29 is 71.6 Å². The molecule has 0 spiro atoms. The van der Waals surface area contributed by atoms with Gasteiger partial charge in [-0.1, -0.05) is 0 Å². The second-order valence-corrected chi connectivity index (χ2v) is 11.1. The number of rotatable bonds is 4. The van der Waals surface area contributed by atoms with Crippen molar-refractivity contribution in [2.24, 2.45) is 0 Å². The number of benzene rings is 3. The average Bonchev–Trinajstić information content (AvgIpc) is 2.74. The summed E-state index contributed by atoms with van der Waals surface area (Å²) in [6.45, 7) is 0. The molecular weight excluding hydrogens is 550 g/mol. The maximum Gasteiger partial charge on any atom is -2.00 e. The van der Waals surface area contributed by atoms with E-state index in [1.54, 1.807) is 17.8 Å². The fourth-order valence-electron chi connectivity index (χ4n) is 3.40. The van der Waals surface area contributed by atoms with E-state index in [-0.39, 0.29) is 26.5 Å². The summed E-state index contributed by atoms with van der Waals surface area (Å²) >= 11 is 1.62. The molecule has 0 saturated carbocycles. The van der Waals surface area contributed by atoms with Crippen molar-refractivity contribution in [3.63, 3.8) is 0 Å². The topological polar surface area (TPSA) is 66.2 Å². The van der Waals surface area contributed by atoms with Gasteiger partial charge in [0.1, 0.15) is 0 Å². The van der Waals surface area contributed by atoms with E-state index in [1.165, 1.54) is 18.2 Å². The number of hydrogen-bond donors (Lipinski definition) is 0. The number of halogens is 9. The molecule has 0 amide bonds. The van der Waals surface area contributed by atoms with Gasteiger partial charge in [0, 0.05) is 0 Å². The van der Waals surface area contributed by atoms with E-state index in [0.29, 0.717) is 18.2 Å². The van der Waals surface area contributed by atoms with Crippen LogP contribution in [0, 0.1) is 0 Å². The van der Waals surface area contributed by atoms with Crippen molar-refractivity contribution >= 4 is 23.9 Å². The molecule has 3 nitrogen and oxygen atoms in total. The molecule has 0 saturated heterocycles. The molecule has 0 aliphatic carbocycles. The Kier molecular flexibility index (Phi) is 9.46. The van der Waals surface area contributed by atoms with Gasteiger partial charge in [-0.3, -0.25) is 0 Å². The Labute approximate surface area is 203 Å². The van der Waals surface area contributed by atoms with Gasteiger partial charge in [0.25, 0.3) is 0 Å². The smallest absolute Gasteiger partial charge is 2.00 e. The van der Waals surface area contributed by atoms with E-state index in [4.69, 9.17) is 3.35 Å². The van der Waals surface area contributed by atoms with Crippen molar-refractivity contribution in [3.05, 3.63) is 89.5 Å². The molecule has 3 aromatic carbocycles. The SMILES string of the molecule is FC(F)(F)c1cccc([Si]([O][V+4])(c2cccc(C(F)(F)F)c2)c2cccc(C(F)(F)F)c2)c1.[O-2].[O-2]. The largest absolute Gasteiger partial charge is 2.00 e. The first-order valence-electron chi connectivity index (χ1n) is 9.05. The van der Waals surface area contributed by atoms with E-state index >= 15 is 0 Å². The molecule has 0 aromatic heterocycles. The van der Waals surface area contributed by atoms with Crippen molar-refractivity contribution in [1.82, 2.24) is 0 Å². The molecule has 14 heteroatoms. The first-order valence-corrected chi connectivity index (χ1v) is 11.5. The molecule has 3 aromatic rings. The molecule has 0 aliphatic rings. The number of hydrogen-bond acceptors (Lipinski definition) is 1. The molecule has 0 radical (unpaired) electrons. The normalized spacial score (nSPS) is 12.5. The van der Waals surface area contributed by atoms with E-state index in [2.05, 4.69) is 0 Å². The van der Waals surface area contributed by atoms with Gasteiger partial charge >= 0.3 is 193 Å². The second-order valence-electron chi connectivity index (χ2n) is 7.01. The van der Waals surface area contributed by atoms with Gasteiger partial charge in [0.05, 0.1) is 0 Å². The van der Waals surface area contributed by atoms with Crippen LogP contribution in [-0.4, -0.2) is 8.32 Å². The van der Waals surface area contributed by atoms with Gasteiger partial charge in [-0.2, -0.15) is 0 Å². The van der Waals surface area contributed by atoms with Gasteiger partial charge in [0.2, 0.25) is 0 Å². The summed E-state index contributed by atoms with van der Waals surface area (Å²) in [7, 11) is -4.26. The Morgan fingerprint density at radius 2 is 0.771 bits per heavy atom. The minimum absolute atomic E-state index is 0. The zero-order valence-corrected chi connectivity index (χ0v) is 19.4. The van der Waals surface area contributed by atoms with E-state index < -0.39 is 43.5 Å². The van der Waals surface area contributed by atoms with Crippen LogP contribution in [0.4, 0.5) is 39.5 Å². The first-order chi connectivity index (χ1) is 15.2. The summed E-state index contributed by atoms with van der Waals surface area (Å²) < 4.78 is 126. The summed E-state index contributed by atoms with van der Waals surface area (Å²) in [5.41, 5.74) is -3.33. The summed E-state index contributed by atoms with van der Waals surface area (Å²) in [4.78, 5) is 0. The minimum atomic E-state index is -4.79. The Morgan fingerprint density at radius 1 is 0.514 bits per heavy atom. The molecule has 0 unspecified atom stereocenters. The molecule has 0 bridgehead atoms. The third-order valence-electron chi connectivity index (χ3n) is 4.93. The Bertz CT molecular complexity index is 1010. The fourth-order valence-corrected chi connectivity index (χ4v) is 8.27. The Morgan fingerprint density at radius 3 is 0.971 bits per heavy atom. The third-order valence-corrected chi connectivity index (χ3v) is 9.86. The van der Waals surface area contributed by atoms with Gasteiger partial charge in [-0.25, -0.2) is 0 Å². The van der Waals surface area contributed by atoms with Crippen LogP contribution in [0.1, 0.15) is 16.7 Å². The zero-order valence-electron chi connectivity index (χ0n) is 17.0. The monoisotopic (exact) mass is 562 g/mol. The van der Waals surface area contributed by atoms with Crippen LogP contribution >= 0.6 is 0 Å². The van der Waals surface area contributed by atoms with Gasteiger partial charge in [-0.15, -0.1) is 0 Å². The third kappa shape index (κ3) is 6.29.